The van der Waals surface area contributed by atoms with Crippen LogP contribution in [0.15, 0.2) is 29.6 Å². The lowest BCUT2D eigenvalue weighted by Gasteiger charge is -2.31. The summed E-state index contributed by atoms with van der Waals surface area (Å²) in [5, 5.41) is 9.14. The summed E-state index contributed by atoms with van der Waals surface area (Å²) < 4.78 is 8.95. The lowest BCUT2D eigenvalue weighted by Crippen LogP contribution is -2.47. The number of carbonyl (C=O) groups excluding carboxylic acids is 2. The molecule has 0 aliphatic heterocycles. The number of hydrogen-bond acceptors (Lipinski definition) is 6. The molecule has 1 fully saturated rings. The highest BCUT2D eigenvalue weighted by molar-refractivity contribution is 7.03. The number of nitrogens with one attached hydrogen (secondary N) is 1. The molecule has 1 N–H and O–H groups in total. The van der Waals surface area contributed by atoms with Gasteiger partial charge in [0.2, 0.25) is 5.91 Å². The van der Waals surface area contributed by atoms with Crippen LogP contribution in [-0.2, 0) is 9.53 Å². The molecule has 9 heteroatoms. The second-order valence-electron chi connectivity index (χ2n) is 6.73. The van der Waals surface area contributed by atoms with Crippen molar-refractivity contribution in [2.75, 3.05) is 20.3 Å². The molecule has 0 bridgehead atoms. The molecule has 1 saturated carbocycles. The first-order valence-electron chi connectivity index (χ1n) is 9.23. The fourth-order valence-corrected chi connectivity index (χ4v) is 3.97. The van der Waals surface area contributed by atoms with Crippen molar-refractivity contribution in [1.82, 2.24) is 19.8 Å². The van der Waals surface area contributed by atoms with Crippen molar-refractivity contribution < 1.29 is 14.3 Å². The topological polar surface area (TPSA) is 84.4 Å². The Morgan fingerprint density at radius 2 is 2.04 bits per heavy atom. The number of rotatable bonds is 8. The molecule has 2 aromatic rings. The molecule has 1 aliphatic rings. The Labute approximate surface area is 173 Å². The summed E-state index contributed by atoms with van der Waals surface area (Å²) in [6.07, 6.45) is 4.13. The smallest absolute Gasteiger partial charge is 0.276 e. The molecule has 3 rings (SSSR count). The van der Waals surface area contributed by atoms with Crippen LogP contribution in [0.5, 0.6) is 0 Å². The van der Waals surface area contributed by atoms with Gasteiger partial charge in [0.05, 0.1) is 6.61 Å². The van der Waals surface area contributed by atoms with E-state index in [1.54, 1.807) is 36.8 Å². The fraction of sp³-hybridized carbons (Fsp3) is 0.474. The van der Waals surface area contributed by atoms with Crippen LogP contribution in [0.3, 0.4) is 0 Å². The van der Waals surface area contributed by atoms with Crippen LogP contribution in [0, 0.1) is 0 Å². The van der Waals surface area contributed by atoms with Gasteiger partial charge in [0.25, 0.3) is 5.91 Å². The number of nitrogens with zero attached hydrogens (tertiary/aromatic N) is 3. The number of aromatic nitrogens is 2. The van der Waals surface area contributed by atoms with E-state index in [-0.39, 0.29) is 30.1 Å². The maximum atomic E-state index is 13.3. The predicted molar refractivity (Wildman–Crippen MR) is 107 cm³/mol. The minimum atomic E-state index is -0.804. The lowest BCUT2D eigenvalue weighted by molar-refractivity contribution is -0.126. The van der Waals surface area contributed by atoms with Gasteiger partial charge < -0.3 is 15.0 Å². The lowest BCUT2D eigenvalue weighted by atomic mass is 10.0. The first kappa shape index (κ1) is 20.7. The van der Waals surface area contributed by atoms with Gasteiger partial charge >= 0.3 is 0 Å². The minimum absolute atomic E-state index is 0.141. The number of halogens is 1. The normalized spacial score (nSPS) is 15.4. The highest BCUT2D eigenvalue weighted by atomic mass is 35.5. The molecular formula is C19H23ClN4O3S. The monoisotopic (exact) mass is 422 g/mol. The largest absolute Gasteiger partial charge is 0.383 e. The predicted octanol–water partition coefficient (Wildman–Crippen LogP) is 3.08. The van der Waals surface area contributed by atoms with Gasteiger partial charge in [0, 0.05) is 30.1 Å². The van der Waals surface area contributed by atoms with Crippen LogP contribution in [-0.4, -0.2) is 52.6 Å². The van der Waals surface area contributed by atoms with Crippen molar-refractivity contribution in [3.05, 3.63) is 45.9 Å². The molecule has 1 heterocycles. The summed E-state index contributed by atoms with van der Waals surface area (Å²) in [6, 6.07) is 6.32. The average molecular weight is 423 g/mol. The zero-order chi connectivity index (χ0) is 19.9. The summed E-state index contributed by atoms with van der Waals surface area (Å²) in [7, 11) is 1.56. The molecule has 0 spiro atoms. The highest BCUT2D eigenvalue weighted by Gasteiger charge is 2.34. The van der Waals surface area contributed by atoms with Gasteiger partial charge in [-0.2, -0.15) is 0 Å². The molecule has 1 aliphatic carbocycles. The average Bonchev–Trinajstić information content (AvgIpc) is 3.39. The van der Waals surface area contributed by atoms with Crippen LogP contribution >= 0.6 is 23.1 Å². The molecule has 0 radical (unpaired) electrons. The molecule has 150 valence electrons. The van der Waals surface area contributed by atoms with Crippen molar-refractivity contribution >= 4 is 34.9 Å². The Hall–Kier alpha value is -2.03. The molecule has 1 aromatic carbocycles. The third kappa shape index (κ3) is 5.06. The Morgan fingerprint density at radius 1 is 1.32 bits per heavy atom. The van der Waals surface area contributed by atoms with Gasteiger partial charge in [-0.05, 0) is 42.1 Å². The van der Waals surface area contributed by atoms with Crippen LogP contribution < -0.4 is 5.32 Å². The van der Waals surface area contributed by atoms with Crippen molar-refractivity contribution in [3.8, 4) is 0 Å². The molecule has 28 heavy (non-hydrogen) atoms. The van der Waals surface area contributed by atoms with Gasteiger partial charge in [0.15, 0.2) is 5.69 Å². The Balaban J connectivity index is 1.93. The quantitative estimate of drug-likeness (QED) is 0.706. The second-order valence-corrected chi connectivity index (χ2v) is 7.77. The first-order valence-corrected chi connectivity index (χ1v) is 10.4. The van der Waals surface area contributed by atoms with Crippen LogP contribution in [0.4, 0.5) is 0 Å². The molecule has 0 unspecified atom stereocenters. The summed E-state index contributed by atoms with van der Waals surface area (Å²) in [5.74, 6) is -0.561. The second kappa shape index (κ2) is 9.95. The number of benzene rings is 1. The summed E-state index contributed by atoms with van der Waals surface area (Å²) in [5.41, 5.74) is 0.904. The summed E-state index contributed by atoms with van der Waals surface area (Å²) in [6.45, 7) is 0.544. The van der Waals surface area contributed by atoms with E-state index in [2.05, 4.69) is 14.9 Å². The number of methoxy groups -OCH3 is 1. The molecule has 1 atom stereocenters. The number of amides is 2. The van der Waals surface area contributed by atoms with E-state index in [1.807, 2.05) is 0 Å². The Morgan fingerprint density at radius 3 is 2.64 bits per heavy atom. The van der Waals surface area contributed by atoms with Crippen LogP contribution in [0.1, 0.15) is 47.8 Å². The van der Waals surface area contributed by atoms with Gasteiger partial charge in [-0.1, -0.05) is 41.1 Å². The zero-order valence-corrected chi connectivity index (χ0v) is 17.2. The van der Waals surface area contributed by atoms with E-state index in [9.17, 15) is 9.59 Å². The standard InChI is InChI=1S/C19H23ClN4O3S/c1-27-11-10-24(19(26)16-12-28-23-22-16)17(13-6-8-14(20)9-7-13)18(25)21-15-4-2-3-5-15/h6-9,12,15,17H,2-5,10-11H2,1H3,(H,21,25)/t17-/m0/s1. The Kier molecular flexibility index (Phi) is 7.36. The van der Waals surface area contributed by atoms with Gasteiger partial charge in [-0.3, -0.25) is 9.59 Å². The van der Waals surface area contributed by atoms with E-state index in [0.29, 0.717) is 17.2 Å². The highest BCUT2D eigenvalue weighted by Crippen LogP contribution is 2.26. The van der Waals surface area contributed by atoms with Gasteiger partial charge in [-0.25, -0.2) is 0 Å². The van der Waals surface area contributed by atoms with Crippen LogP contribution in [0.2, 0.25) is 5.02 Å². The summed E-state index contributed by atoms with van der Waals surface area (Å²) >= 11 is 7.12. The van der Waals surface area contributed by atoms with E-state index in [4.69, 9.17) is 16.3 Å². The van der Waals surface area contributed by atoms with Crippen molar-refractivity contribution in [1.29, 1.82) is 0 Å². The van der Waals surface area contributed by atoms with Crippen molar-refractivity contribution in [2.45, 2.75) is 37.8 Å². The first-order chi connectivity index (χ1) is 13.6. The zero-order valence-electron chi connectivity index (χ0n) is 15.6. The van der Waals surface area contributed by atoms with E-state index >= 15 is 0 Å². The van der Waals surface area contributed by atoms with Crippen molar-refractivity contribution in [2.24, 2.45) is 0 Å². The third-order valence-electron chi connectivity index (χ3n) is 4.82. The summed E-state index contributed by atoms with van der Waals surface area (Å²) in [4.78, 5) is 27.8. The number of carbonyl (C=O) groups is 2. The maximum Gasteiger partial charge on any atom is 0.276 e. The fourth-order valence-electron chi connectivity index (χ4n) is 3.41. The maximum absolute atomic E-state index is 13.3. The number of ether oxygens (including phenoxy) is 1. The SMILES string of the molecule is COCCN(C(=O)c1csnn1)[C@H](C(=O)NC1CCCC1)c1ccc(Cl)cc1. The molecular weight excluding hydrogens is 400 g/mol. The Bertz CT molecular complexity index is 779. The molecule has 1 aromatic heterocycles. The molecule has 2 amide bonds. The van der Waals surface area contributed by atoms with E-state index < -0.39 is 6.04 Å². The molecule has 0 saturated heterocycles. The van der Waals surface area contributed by atoms with E-state index in [1.165, 1.54) is 4.90 Å². The minimum Gasteiger partial charge on any atom is -0.383 e. The van der Waals surface area contributed by atoms with E-state index in [0.717, 1.165) is 37.2 Å². The third-order valence-corrected chi connectivity index (χ3v) is 5.58. The molecule has 7 nitrogen and oxygen atoms in total. The van der Waals surface area contributed by atoms with Crippen molar-refractivity contribution in [3.63, 3.8) is 0 Å². The van der Waals surface area contributed by atoms with Gasteiger partial charge in [-0.15, -0.1) is 5.10 Å². The van der Waals surface area contributed by atoms with Gasteiger partial charge in [0.1, 0.15) is 6.04 Å². The number of hydrogen-bond donors (Lipinski definition) is 1. The van der Waals surface area contributed by atoms with Crippen LogP contribution in [0.25, 0.3) is 0 Å².